The van der Waals surface area contributed by atoms with Gasteiger partial charge in [-0.25, -0.2) is 4.39 Å². The van der Waals surface area contributed by atoms with Crippen LogP contribution in [-0.2, 0) is 9.59 Å². The third-order valence-corrected chi connectivity index (χ3v) is 4.88. The number of anilines is 1. The summed E-state index contributed by atoms with van der Waals surface area (Å²) in [5, 5.41) is 2.68. The molecule has 1 N–H and O–H groups in total. The fourth-order valence-electron chi connectivity index (χ4n) is 3.36. The Labute approximate surface area is 145 Å². The zero-order valence-electron chi connectivity index (χ0n) is 13.8. The van der Waals surface area contributed by atoms with Crippen LogP contribution in [0.4, 0.5) is 10.1 Å². The van der Waals surface area contributed by atoms with Crippen LogP contribution in [0.2, 0.25) is 0 Å². The number of hydrogen-bond donors (Lipinski definition) is 1. The summed E-state index contributed by atoms with van der Waals surface area (Å²) in [6, 6.07) is 7.86. The van der Waals surface area contributed by atoms with Crippen molar-refractivity contribution in [2.45, 2.75) is 31.7 Å². The molecule has 0 radical (unpaired) electrons. The molecule has 1 saturated carbocycles. The molecule has 0 spiro atoms. The van der Waals surface area contributed by atoms with Crippen LogP contribution < -0.4 is 5.32 Å². The second-order valence-electron chi connectivity index (χ2n) is 6.71. The average molecular weight is 341 g/mol. The standard InChI is InChI=1S/C19H20FN3O2/c20-15-8-7-14(22-9-1-2-10-22)12-16(15)21-18(24)17-4-3-11-23(17)19(25)13-5-6-13/h1-2,7-10,12-13,17H,3-6,11H2,(H,21,24). The third kappa shape index (κ3) is 3.16. The van der Waals surface area contributed by atoms with Crippen molar-refractivity contribution in [3.05, 3.63) is 48.5 Å². The smallest absolute Gasteiger partial charge is 0.247 e. The van der Waals surface area contributed by atoms with Gasteiger partial charge in [-0.15, -0.1) is 0 Å². The molecule has 2 amide bonds. The quantitative estimate of drug-likeness (QED) is 0.929. The summed E-state index contributed by atoms with van der Waals surface area (Å²) in [6.45, 7) is 0.610. The van der Waals surface area contributed by atoms with E-state index in [1.807, 2.05) is 29.1 Å². The van der Waals surface area contributed by atoms with E-state index in [-0.39, 0.29) is 23.4 Å². The average Bonchev–Trinajstić information content (AvgIpc) is 3.11. The Balaban J connectivity index is 1.52. The predicted octanol–water partition coefficient (Wildman–Crippen LogP) is 2.96. The first-order chi connectivity index (χ1) is 12.1. The first-order valence-electron chi connectivity index (χ1n) is 8.68. The molecule has 1 aromatic carbocycles. The summed E-state index contributed by atoms with van der Waals surface area (Å²) in [6.07, 6.45) is 6.97. The molecule has 6 heteroatoms. The van der Waals surface area contributed by atoms with Crippen molar-refractivity contribution >= 4 is 17.5 Å². The summed E-state index contributed by atoms with van der Waals surface area (Å²) in [5.74, 6) is -0.640. The van der Waals surface area contributed by atoms with Crippen LogP contribution in [0, 0.1) is 11.7 Å². The number of rotatable bonds is 4. The molecule has 2 fully saturated rings. The fourth-order valence-corrected chi connectivity index (χ4v) is 3.36. The lowest BCUT2D eigenvalue weighted by molar-refractivity contribution is -0.137. The fraction of sp³-hybridized carbons (Fsp3) is 0.368. The summed E-state index contributed by atoms with van der Waals surface area (Å²) in [4.78, 5) is 26.6. The number of benzene rings is 1. The van der Waals surface area contributed by atoms with Gasteiger partial charge in [0.1, 0.15) is 11.9 Å². The molecule has 130 valence electrons. The minimum Gasteiger partial charge on any atom is -0.330 e. The summed E-state index contributed by atoms with van der Waals surface area (Å²) in [5.41, 5.74) is 0.904. The minimum absolute atomic E-state index is 0.0687. The molecule has 0 bridgehead atoms. The van der Waals surface area contributed by atoms with Gasteiger partial charge in [0.05, 0.1) is 5.69 Å². The molecular weight excluding hydrogens is 321 g/mol. The Morgan fingerprint density at radius 3 is 2.60 bits per heavy atom. The maximum Gasteiger partial charge on any atom is 0.247 e. The molecule has 4 rings (SSSR count). The largest absolute Gasteiger partial charge is 0.330 e. The Hall–Kier alpha value is -2.63. The van der Waals surface area contributed by atoms with E-state index < -0.39 is 11.9 Å². The number of likely N-dealkylation sites (tertiary alicyclic amines) is 1. The van der Waals surface area contributed by atoms with Gasteiger partial charge in [-0.1, -0.05) is 0 Å². The van der Waals surface area contributed by atoms with Gasteiger partial charge in [-0.2, -0.15) is 0 Å². The van der Waals surface area contributed by atoms with Crippen LogP contribution in [0.3, 0.4) is 0 Å². The highest BCUT2D eigenvalue weighted by Gasteiger charge is 2.40. The Kier molecular flexibility index (Phi) is 4.03. The number of aromatic nitrogens is 1. The highest BCUT2D eigenvalue weighted by atomic mass is 19.1. The Morgan fingerprint density at radius 1 is 1.12 bits per heavy atom. The van der Waals surface area contributed by atoms with E-state index in [9.17, 15) is 14.0 Å². The molecule has 1 atom stereocenters. The first kappa shape index (κ1) is 15.9. The number of nitrogens with one attached hydrogen (secondary N) is 1. The third-order valence-electron chi connectivity index (χ3n) is 4.88. The molecule has 25 heavy (non-hydrogen) atoms. The molecule has 1 unspecified atom stereocenters. The van der Waals surface area contributed by atoms with Crippen LogP contribution in [0.15, 0.2) is 42.7 Å². The minimum atomic E-state index is -0.497. The lowest BCUT2D eigenvalue weighted by Crippen LogP contribution is -2.43. The second kappa shape index (κ2) is 6.35. The van der Waals surface area contributed by atoms with Gasteiger partial charge in [-0.05, 0) is 56.0 Å². The van der Waals surface area contributed by atoms with Crippen molar-refractivity contribution in [3.63, 3.8) is 0 Å². The molecule has 5 nitrogen and oxygen atoms in total. The number of amides is 2. The summed E-state index contributed by atoms with van der Waals surface area (Å²) >= 11 is 0. The monoisotopic (exact) mass is 341 g/mol. The Morgan fingerprint density at radius 2 is 1.88 bits per heavy atom. The van der Waals surface area contributed by atoms with Crippen molar-refractivity contribution < 1.29 is 14.0 Å². The van der Waals surface area contributed by atoms with Crippen molar-refractivity contribution in [2.24, 2.45) is 5.92 Å². The van der Waals surface area contributed by atoms with E-state index in [2.05, 4.69) is 5.32 Å². The van der Waals surface area contributed by atoms with Crippen molar-refractivity contribution in [3.8, 4) is 5.69 Å². The van der Waals surface area contributed by atoms with Gasteiger partial charge in [0.15, 0.2) is 0 Å². The highest BCUT2D eigenvalue weighted by Crippen LogP contribution is 2.34. The van der Waals surface area contributed by atoms with Crippen LogP contribution >= 0.6 is 0 Å². The normalized spacial score (nSPS) is 19.9. The van der Waals surface area contributed by atoms with Crippen LogP contribution in [0.25, 0.3) is 5.69 Å². The molecule has 2 aliphatic rings. The number of carbonyl (C=O) groups is 2. The second-order valence-corrected chi connectivity index (χ2v) is 6.71. The van der Waals surface area contributed by atoms with Crippen molar-refractivity contribution in [2.75, 3.05) is 11.9 Å². The van der Waals surface area contributed by atoms with Gasteiger partial charge < -0.3 is 14.8 Å². The number of halogens is 1. The first-order valence-corrected chi connectivity index (χ1v) is 8.68. The van der Waals surface area contributed by atoms with Gasteiger partial charge >= 0.3 is 0 Å². The molecule has 1 aromatic heterocycles. The molecular formula is C19H20FN3O2. The van der Waals surface area contributed by atoms with Gasteiger partial charge in [0.2, 0.25) is 11.8 Å². The van der Waals surface area contributed by atoms with Crippen molar-refractivity contribution in [1.82, 2.24) is 9.47 Å². The number of hydrogen-bond acceptors (Lipinski definition) is 2. The summed E-state index contributed by atoms with van der Waals surface area (Å²) in [7, 11) is 0. The predicted molar refractivity (Wildman–Crippen MR) is 91.8 cm³/mol. The zero-order valence-corrected chi connectivity index (χ0v) is 13.8. The maximum atomic E-state index is 14.1. The van der Waals surface area contributed by atoms with E-state index in [1.54, 1.807) is 17.0 Å². The number of nitrogens with zero attached hydrogens (tertiary/aromatic N) is 2. The van der Waals surface area contributed by atoms with Gasteiger partial charge in [0, 0.05) is 30.5 Å². The molecule has 2 heterocycles. The zero-order chi connectivity index (χ0) is 17.4. The highest BCUT2D eigenvalue weighted by molar-refractivity contribution is 5.98. The van der Waals surface area contributed by atoms with E-state index in [4.69, 9.17) is 0 Å². The van der Waals surface area contributed by atoms with Gasteiger partial charge in [-0.3, -0.25) is 9.59 Å². The molecule has 1 aliphatic carbocycles. The van der Waals surface area contributed by atoms with Crippen LogP contribution in [-0.4, -0.2) is 33.9 Å². The van der Waals surface area contributed by atoms with E-state index in [0.29, 0.717) is 13.0 Å². The van der Waals surface area contributed by atoms with E-state index in [0.717, 1.165) is 24.9 Å². The van der Waals surface area contributed by atoms with Crippen LogP contribution in [0.1, 0.15) is 25.7 Å². The van der Waals surface area contributed by atoms with Crippen molar-refractivity contribution in [1.29, 1.82) is 0 Å². The number of carbonyl (C=O) groups excluding carboxylic acids is 2. The topological polar surface area (TPSA) is 54.3 Å². The SMILES string of the molecule is O=C(Nc1cc(-n2cccc2)ccc1F)C1CCCN1C(=O)C1CC1. The molecule has 2 aromatic rings. The van der Waals surface area contributed by atoms with Crippen LogP contribution in [0.5, 0.6) is 0 Å². The maximum absolute atomic E-state index is 14.1. The molecule has 1 aliphatic heterocycles. The lowest BCUT2D eigenvalue weighted by Gasteiger charge is -2.24. The molecule has 1 saturated heterocycles. The van der Waals surface area contributed by atoms with Gasteiger partial charge in [0.25, 0.3) is 0 Å². The van der Waals surface area contributed by atoms with E-state index >= 15 is 0 Å². The summed E-state index contributed by atoms with van der Waals surface area (Å²) < 4.78 is 16.0. The van der Waals surface area contributed by atoms with E-state index in [1.165, 1.54) is 6.07 Å². The lowest BCUT2D eigenvalue weighted by atomic mass is 10.2. The Bertz CT molecular complexity index is 799.